The summed E-state index contributed by atoms with van der Waals surface area (Å²) in [6, 6.07) is 12.7. The maximum absolute atomic E-state index is 14.4. The number of halogens is 1. The Morgan fingerprint density at radius 3 is 2.58 bits per heavy atom. The zero-order valence-corrected chi connectivity index (χ0v) is 14.8. The zero-order valence-electron chi connectivity index (χ0n) is 13.9. The van der Waals surface area contributed by atoms with Gasteiger partial charge in [-0.1, -0.05) is 59.7 Å². The van der Waals surface area contributed by atoms with Crippen molar-refractivity contribution < 1.29 is 8.96 Å². The van der Waals surface area contributed by atoms with Crippen molar-refractivity contribution in [2.45, 2.75) is 25.9 Å². The van der Waals surface area contributed by atoms with Crippen molar-refractivity contribution in [3.05, 3.63) is 83.2 Å². The molecule has 1 aliphatic heterocycles. The van der Waals surface area contributed by atoms with Crippen LogP contribution in [0.2, 0.25) is 0 Å². The quantitative estimate of drug-likeness (QED) is 0.700. The van der Waals surface area contributed by atoms with E-state index in [4.69, 9.17) is 0 Å². The summed E-state index contributed by atoms with van der Waals surface area (Å²) in [6.45, 7) is 4.05. The number of allylic oxidation sites excluding steroid dienone is 4. The first-order valence-corrected chi connectivity index (χ1v) is 10.1. The van der Waals surface area contributed by atoms with Gasteiger partial charge in [-0.05, 0) is 43.9 Å². The summed E-state index contributed by atoms with van der Waals surface area (Å²) in [4.78, 5) is 0. The summed E-state index contributed by atoms with van der Waals surface area (Å²) in [7, 11) is -2.94. The lowest BCUT2D eigenvalue weighted by molar-refractivity contribution is 0.554. The van der Waals surface area contributed by atoms with Crippen LogP contribution in [0.1, 0.15) is 18.1 Å². The van der Waals surface area contributed by atoms with Crippen LogP contribution in [0.5, 0.6) is 0 Å². The molecule has 3 heteroatoms. The molecular formula is C21H20FOP. The number of aryl methyl sites for hydroxylation is 1. The Bertz CT molecular complexity index is 908. The fourth-order valence-electron chi connectivity index (χ4n) is 3.91. The van der Waals surface area contributed by atoms with Gasteiger partial charge in [-0.25, -0.2) is 4.39 Å². The van der Waals surface area contributed by atoms with E-state index in [1.165, 1.54) is 12.1 Å². The van der Waals surface area contributed by atoms with Crippen LogP contribution in [0.15, 0.2) is 66.3 Å². The summed E-state index contributed by atoms with van der Waals surface area (Å²) >= 11 is 0. The summed E-state index contributed by atoms with van der Waals surface area (Å²) in [5.74, 6) is -0.106. The van der Waals surface area contributed by atoms with Crippen molar-refractivity contribution in [3.63, 3.8) is 0 Å². The highest BCUT2D eigenvalue weighted by atomic mass is 31.2. The minimum Gasteiger partial charge on any atom is -0.313 e. The molecule has 0 bridgehead atoms. The van der Waals surface area contributed by atoms with Gasteiger partial charge in [0.2, 0.25) is 0 Å². The van der Waals surface area contributed by atoms with Crippen LogP contribution < -0.4 is 10.6 Å². The second kappa shape index (κ2) is 5.57. The highest BCUT2D eigenvalue weighted by Crippen LogP contribution is 2.57. The molecule has 0 aromatic heterocycles. The van der Waals surface area contributed by atoms with Crippen LogP contribution >= 0.6 is 7.14 Å². The Balaban J connectivity index is 2.00. The number of fused-ring (bicyclic) bond motifs is 2. The zero-order chi connectivity index (χ0) is 16.9. The molecule has 0 saturated heterocycles. The van der Waals surface area contributed by atoms with E-state index in [0.29, 0.717) is 5.30 Å². The minimum atomic E-state index is -2.94. The third-order valence-electron chi connectivity index (χ3n) is 5.18. The van der Waals surface area contributed by atoms with E-state index < -0.39 is 7.14 Å². The highest BCUT2D eigenvalue weighted by Gasteiger charge is 2.45. The molecule has 2 aromatic carbocycles. The summed E-state index contributed by atoms with van der Waals surface area (Å²) in [5.41, 5.74) is 3.19. The largest absolute Gasteiger partial charge is 0.313 e. The fraction of sp³-hybridized carbons (Fsp3) is 0.238. The van der Waals surface area contributed by atoms with Gasteiger partial charge >= 0.3 is 0 Å². The molecule has 0 spiro atoms. The maximum atomic E-state index is 14.4. The molecule has 0 radical (unpaired) electrons. The normalized spacial score (nSPS) is 28.0. The molecule has 0 amide bonds. The van der Waals surface area contributed by atoms with Gasteiger partial charge in [0.1, 0.15) is 5.82 Å². The third-order valence-corrected chi connectivity index (χ3v) is 8.75. The smallest absolute Gasteiger partial charge is 0.150 e. The first-order chi connectivity index (χ1) is 11.5. The Morgan fingerprint density at radius 2 is 1.83 bits per heavy atom. The van der Waals surface area contributed by atoms with E-state index in [9.17, 15) is 8.96 Å². The molecule has 24 heavy (non-hydrogen) atoms. The first kappa shape index (κ1) is 15.6. The molecule has 2 aromatic rings. The van der Waals surface area contributed by atoms with Crippen molar-refractivity contribution in [3.8, 4) is 0 Å². The Hall–Kier alpha value is -1.92. The average Bonchev–Trinajstić information content (AvgIpc) is 2.57. The van der Waals surface area contributed by atoms with Gasteiger partial charge in [0, 0.05) is 16.3 Å². The summed E-state index contributed by atoms with van der Waals surface area (Å²) in [5, 5.41) is 1.53. The molecule has 3 atom stereocenters. The van der Waals surface area contributed by atoms with Crippen molar-refractivity contribution in [2.24, 2.45) is 5.92 Å². The fourth-order valence-corrected chi connectivity index (χ4v) is 7.54. The predicted octanol–water partition coefficient (Wildman–Crippen LogP) is 4.51. The van der Waals surface area contributed by atoms with E-state index in [2.05, 4.69) is 18.2 Å². The first-order valence-electron chi connectivity index (χ1n) is 8.31. The van der Waals surface area contributed by atoms with E-state index in [1.807, 2.05) is 38.1 Å². The second-order valence-electron chi connectivity index (χ2n) is 6.89. The van der Waals surface area contributed by atoms with Crippen LogP contribution in [0.25, 0.3) is 0 Å². The molecule has 4 rings (SSSR count). The lowest BCUT2D eigenvalue weighted by atomic mass is 9.90. The van der Waals surface area contributed by atoms with Gasteiger partial charge in [-0.3, -0.25) is 0 Å². The van der Waals surface area contributed by atoms with E-state index in [1.54, 1.807) is 6.07 Å². The van der Waals surface area contributed by atoms with Crippen LogP contribution in [0.3, 0.4) is 0 Å². The third kappa shape index (κ3) is 2.32. The van der Waals surface area contributed by atoms with Crippen LogP contribution in [-0.2, 0) is 11.0 Å². The van der Waals surface area contributed by atoms with Gasteiger partial charge < -0.3 is 4.57 Å². The predicted molar refractivity (Wildman–Crippen MR) is 98.3 cm³/mol. The highest BCUT2D eigenvalue weighted by molar-refractivity contribution is 7.79. The van der Waals surface area contributed by atoms with Crippen LogP contribution in [0, 0.1) is 18.7 Å². The Morgan fingerprint density at radius 1 is 1.08 bits per heavy atom. The molecule has 1 heterocycles. The monoisotopic (exact) mass is 338 g/mol. The molecule has 122 valence electrons. The SMILES string of the molecule is CC1=CC2C(C=C1)Cc1ccc(F)cc1P2(=O)c1ccc(C)cc1. The number of rotatable bonds is 1. The Labute approximate surface area is 142 Å². The summed E-state index contributed by atoms with van der Waals surface area (Å²) < 4.78 is 28.4. The molecule has 1 aliphatic carbocycles. The van der Waals surface area contributed by atoms with Gasteiger partial charge in [0.05, 0.1) is 0 Å². The number of hydrogen-bond acceptors (Lipinski definition) is 1. The molecule has 0 N–H and O–H groups in total. The molecular weight excluding hydrogens is 318 g/mol. The molecule has 3 unspecified atom stereocenters. The second-order valence-corrected chi connectivity index (χ2v) is 9.81. The van der Waals surface area contributed by atoms with Gasteiger partial charge in [0.15, 0.2) is 7.14 Å². The average molecular weight is 338 g/mol. The number of hydrogen-bond donors (Lipinski definition) is 0. The van der Waals surface area contributed by atoms with Crippen molar-refractivity contribution >= 4 is 17.8 Å². The molecule has 1 nitrogen and oxygen atoms in total. The van der Waals surface area contributed by atoms with Crippen LogP contribution in [-0.4, -0.2) is 5.66 Å². The van der Waals surface area contributed by atoms with Crippen molar-refractivity contribution in [1.82, 2.24) is 0 Å². The number of benzene rings is 2. The van der Waals surface area contributed by atoms with E-state index >= 15 is 0 Å². The molecule has 0 saturated carbocycles. The lowest BCUT2D eigenvalue weighted by Crippen LogP contribution is -2.38. The summed E-state index contributed by atoms with van der Waals surface area (Å²) in [6.07, 6.45) is 7.22. The Kier molecular flexibility index (Phi) is 3.62. The standard InChI is InChI=1S/C21H20FOP/c1-14-4-9-19(10-5-14)24(23)20-11-15(2)3-6-16(20)12-17-7-8-18(22)13-21(17)24/h3-11,13,16,20H,12H2,1-2H3. The van der Waals surface area contributed by atoms with Gasteiger partial charge in [-0.15, -0.1) is 0 Å². The maximum Gasteiger partial charge on any atom is 0.150 e. The van der Waals surface area contributed by atoms with Gasteiger partial charge in [0.25, 0.3) is 0 Å². The lowest BCUT2D eigenvalue weighted by Gasteiger charge is -2.39. The van der Waals surface area contributed by atoms with Crippen LogP contribution in [0.4, 0.5) is 4.39 Å². The van der Waals surface area contributed by atoms with E-state index in [0.717, 1.165) is 28.4 Å². The minimum absolute atomic E-state index is 0.0838. The molecule has 0 fully saturated rings. The topological polar surface area (TPSA) is 17.1 Å². The van der Waals surface area contributed by atoms with E-state index in [-0.39, 0.29) is 17.4 Å². The van der Waals surface area contributed by atoms with Crippen molar-refractivity contribution in [1.29, 1.82) is 0 Å². The van der Waals surface area contributed by atoms with Crippen molar-refractivity contribution in [2.75, 3.05) is 0 Å². The van der Waals surface area contributed by atoms with Gasteiger partial charge in [-0.2, -0.15) is 0 Å². The molecule has 2 aliphatic rings.